The monoisotopic (exact) mass is 216 g/mol. The Labute approximate surface area is 90.6 Å². The summed E-state index contributed by atoms with van der Waals surface area (Å²) in [5.41, 5.74) is -0.321. The van der Waals surface area contributed by atoms with Crippen molar-refractivity contribution in [1.82, 2.24) is 10.2 Å². The Morgan fingerprint density at radius 1 is 1.71 bits per heavy atom. The second kappa shape index (κ2) is 4.53. The van der Waals surface area contributed by atoms with Crippen molar-refractivity contribution < 1.29 is 4.79 Å². The number of nitrogens with zero attached hydrogens (tertiary/aromatic N) is 1. The highest BCUT2D eigenvalue weighted by molar-refractivity contribution is 7.99. The molecule has 3 nitrogen and oxygen atoms in total. The summed E-state index contributed by atoms with van der Waals surface area (Å²) in [6.07, 6.45) is 2.94. The number of nitrogens with one attached hydrogen (secondary N) is 1. The van der Waals surface area contributed by atoms with E-state index in [0.29, 0.717) is 11.9 Å². The van der Waals surface area contributed by atoms with Gasteiger partial charge in [0, 0.05) is 11.8 Å². The first-order valence-corrected chi connectivity index (χ1v) is 6.39. The Balaban J connectivity index is 2.56. The second-order valence-electron chi connectivity index (χ2n) is 4.09. The van der Waals surface area contributed by atoms with Crippen molar-refractivity contribution in [2.24, 2.45) is 0 Å². The van der Waals surface area contributed by atoms with Gasteiger partial charge < -0.3 is 4.90 Å². The SMILES string of the molecule is CCC1(C)NCN(CC(C)SC)C1=O. The molecule has 1 fully saturated rings. The van der Waals surface area contributed by atoms with E-state index in [4.69, 9.17) is 0 Å². The number of hydrogen-bond acceptors (Lipinski definition) is 3. The van der Waals surface area contributed by atoms with E-state index in [1.165, 1.54) is 0 Å². The summed E-state index contributed by atoms with van der Waals surface area (Å²) in [7, 11) is 0. The van der Waals surface area contributed by atoms with E-state index in [1.54, 1.807) is 11.8 Å². The molecule has 0 spiro atoms. The fourth-order valence-corrected chi connectivity index (χ4v) is 1.90. The smallest absolute Gasteiger partial charge is 0.243 e. The van der Waals surface area contributed by atoms with Crippen LogP contribution in [0.4, 0.5) is 0 Å². The molecular weight excluding hydrogens is 196 g/mol. The van der Waals surface area contributed by atoms with Gasteiger partial charge in [-0.05, 0) is 19.6 Å². The normalized spacial score (nSPS) is 29.7. The Kier molecular flexibility index (Phi) is 3.84. The Hall–Kier alpha value is -0.220. The standard InChI is InChI=1S/C10H20N2OS/c1-5-10(3)9(13)12(7-11-10)6-8(2)14-4/h8,11H,5-7H2,1-4H3. The quantitative estimate of drug-likeness (QED) is 0.768. The molecule has 0 aromatic rings. The summed E-state index contributed by atoms with van der Waals surface area (Å²) in [6.45, 7) is 7.74. The molecule has 1 amide bonds. The van der Waals surface area contributed by atoms with Gasteiger partial charge in [-0.3, -0.25) is 10.1 Å². The molecular formula is C10H20N2OS. The first kappa shape index (κ1) is 11.9. The van der Waals surface area contributed by atoms with E-state index in [0.717, 1.165) is 13.0 Å². The lowest BCUT2D eigenvalue weighted by molar-refractivity contribution is -0.132. The maximum Gasteiger partial charge on any atom is 0.243 e. The number of amides is 1. The second-order valence-corrected chi connectivity index (χ2v) is 5.37. The van der Waals surface area contributed by atoms with Crippen molar-refractivity contribution in [2.75, 3.05) is 19.5 Å². The van der Waals surface area contributed by atoms with Gasteiger partial charge in [0.2, 0.25) is 5.91 Å². The third kappa shape index (κ3) is 2.23. The molecule has 0 radical (unpaired) electrons. The third-order valence-electron chi connectivity index (χ3n) is 3.01. The molecule has 0 aliphatic carbocycles. The molecule has 0 saturated carbocycles. The Morgan fingerprint density at radius 3 is 2.79 bits per heavy atom. The van der Waals surface area contributed by atoms with Crippen LogP contribution in [0.15, 0.2) is 0 Å². The van der Waals surface area contributed by atoms with Crippen molar-refractivity contribution in [1.29, 1.82) is 0 Å². The van der Waals surface area contributed by atoms with Crippen LogP contribution in [0.1, 0.15) is 27.2 Å². The van der Waals surface area contributed by atoms with Gasteiger partial charge in [0.05, 0.1) is 12.2 Å². The average Bonchev–Trinajstić information content (AvgIpc) is 2.47. The first-order valence-electron chi connectivity index (χ1n) is 5.10. The minimum Gasteiger partial charge on any atom is -0.327 e. The van der Waals surface area contributed by atoms with Gasteiger partial charge in [-0.15, -0.1) is 0 Å². The van der Waals surface area contributed by atoms with Gasteiger partial charge in [0.15, 0.2) is 0 Å². The van der Waals surface area contributed by atoms with E-state index in [9.17, 15) is 4.79 Å². The van der Waals surface area contributed by atoms with Gasteiger partial charge in [0.1, 0.15) is 0 Å². The molecule has 2 unspecified atom stereocenters. The van der Waals surface area contributed by atoms with Gasteiger partial charge in [0.25, 0.3) is 0 Å². The van der Waals surface area contributed by atoms with Gasteiger partial charge in [-0.2, -0.15) is 11.8 Å². The molecule has 0 aromatic heterocycles. The average molecular weight is 216 g/mol. The molecule has 1 heterocycles. The van der Waals surface area contributed by atoms with Gasteiger partial charge in [-0.25, -0.2) is 0 Å². The van der Waals surface area contributed by atoms with Crippen LogP contribution in [0.25, 0.3) is 0 Å². The highest BCUT2D eigenvalue weighted by atomic mass is 32.2. The molecule has 1 saturated heterocycles. The van der Waals surface area contributed by atoms with Gasteiger partial charge >= 0.3 is 0 Å². The number of hydrogen-bond donors (Lipinski definition) is 1. The van der Waals surface area contributed by atoms with Crippen LogP contribution in [0.3, 0.4) is 0 Å². The molecule has 14 heavy (non-hydrogen) atoms. The first-order chi connectivity index (χ1) is 6.53. The van der Waals surface area contributed by atoms with Crippen LogP contribution >= 0.6 is 11.8 Å². The summed E-state index contributed by atoms with van der Waals surface area (Å²) in [4.78, 5) is 13.9. The summed E-state index contributed by atoms with van der Waals surface area (Å²) in [5.74, 6) is 0.251. The zero-order valence-electron chi connectivity index (χ0n) is 9.46. The predicted molar refractivity (Wildman–Crippen MR) is 61.4 cm³/mol. The van der Waals surface area contributed by atoms with Gasteiger partial charge in [-0.1, -0.05) is 13.8 Å². The van der Waals surface area contributed by atoms with Crippen LogP contribution in [-0.2, 0) is 4.79 Å². The number of carbonyl (C=O) groups is 1. The molecule has 2 atom stereocenters. The van der Waals surface area contributed by atoms with E-state index in [2.05, 4.69) is 18.5 Å². The summed E-state index contributed by atoms with van der Waals surface area (Å²) < 4.78 is 0. The number of rotatable bonds is 4. The largest absolute Gasteiger partial charge is 0.327 e. The third-order valence-corrected chi connectivity index (χ3v) is 3.96. The number of thioether (sulfide) groups is 1. The lowest BCUT2D eigenvalue weighted by Gasteiger charge is -2.22. The van der Waals surface area contributed by atoms with E-state index in [-0.39, 0.29) is 11.4 Å². The highest BCUT2D eigenvalue weighted by Gasteiger charge is 2.40. The van der Waals surface area contributed by atoms with Crippen LogP contribution in [0, 0.1) is 0 Å². The molecule has 4 heteroatoms. The van der Waals surface area contributed by atoms with Crippen molar-refractivity contribution in [2.45, 2.75) is 38.0 Å². The zero-order valence-corrected chi connectivity index (χ0v) is 10.3. The van der Waals surface area contributed by atoms with E-state index >= 15 is 0 Å². The van der Waals surface area contributed by atoms with Crippen LogP contribution < -0.4 is 5.32 Å². The van der Waals surface area contributed by atoms with Crippen molar-refractivity contribution in [3.05, 3.63) is 0 Å². The maximum absolute atomic E-state index is 12.0. The molecule has 1 rings (SSSR count). The lowest BCUT2D eigenvalue weighted by Crippen LogP contribution is -2.43. The van der Waals surface area contributed by atoms with Crippen molar-refractivity contribution in [3.8, 4) is 0 Å². The van der Waals surface area contributed by atoms with Crippen LogP contribution in [0.2, 0.25) is 0 Å². The Bertz CT molecular complexity index is 222. The van der Waals surface area contributed by atoms with E-state index in [1.807, 2.05) is 18.7 Å². The summed E-state index contributed by atoms with van der Waals surface area (Å²) >= 11 is 1.80. The fourth-order valence-electron chi connectivity index (χ4n) is 1.57. The predicted octanol–water partition coefficient (Wildman–Crippen LogP) is 1.30. The summed E-state index contributed by atoms with van der Waals surface area (Å²) in [5, 5.41) is 3.79. The highest BCUT2D eigenvalue weighted by Crippen LogP contribution is 2.20. The van der Waals surface area contributed by atoms with Crippen LogP contribution in [0.5, 0.6) is 0 Å². The van der Waals surface area contributed by atoms with Crippen molar-refractivity contribution >= 4 is 17.7 Å². The zero-order chi connectivity index (χ0) is 10.8. The van der Waals surface area contributed by atoms with E-state index < -0.39 is 0 Å². The van der Waals surface area contributed by atoms with Crippen LogP contribution in [-0.4, -0.2) is 41.1 Å². The minimum absolute atomic E-state index is 0.251. The lowest BCUT2D eigenvalue weighted by atomic mass is 9.99. The summed E-state index contributed by atoms with van der Waals surface area (Å²) in [6, 6.07) is 0. The topological polar surface area (TPSA) is 32.3 Å². The molecule has 0 bridgehead atoms. The Morgan fingerprint density at radius 2 is 2.36 bits per heavy atom. The molecule has 82 valence electrons. The minimum atomic E-state index is -0.321. The molecule has 1 aliphatic heterocycles. The maximum atomic E-state index is 12.0. The van der Waals surface area contributed by atoms with Crippen molar-refractivity contribution in [3.63, 3.8) is 0 Å². The molecule has 0 aromatic carbocycles. The molecule has 1 N–H and O–H groups in total. The number of carbonyl (C=O) groups excluding carboxylic acids is 1. The molecule has 1 aliphatic rings. The fraction of sp³-hybridized carbons (Fsp3) is 0.900.